The molecule has 322 valence electrons. The summed E-state index contributed by atoms with van der Waals surface area (Å²) in [6.07, 6.45) is 16.9. The number of nitrogen functional groups attached to an aromatic ring is 1. The molecule has 3 aromatic heterocycles. The third kappa shape index (κ3) is 20.4. The first kappa shape index (κ1) is 50.1. The highest BCUT2D eigenvalue weighted by atomic mass is 79.9. The second-order valence-corrected chi connectivity index (χ2v) is 16.2. The summed E-state index contributed by atoms with van der Waals surface area (Å²) in [6, 6.07) is 8.62. The highest BCUT2D eigenvalue weighted by molar-refractivity contribution is 9.10. The van der Waals surface area contributed by atoms with E-state index in [0.717, 1.165) is 82.5 Å². The molecule has 0 saturated heterocycles. The molecular formula is C39H50Br2N6O12. The number of carboxylic acids is 2. The lowest BCUT2D eigenvalue weighted by atomic mass is 10.2. The van der Waals surface area contributed by atoms with Crippen LogP contribution in [0.2, 0.25) is 0 Å². The van der Waals surface area contributed by atoms with Crippen LogP contribution in [0.4, 0.5) is 17.5 Å². The Kier molecular flexibility index (Phi) is 22.8. The zero-order chi connectivity index (χ0) is 43.9. The molecule has 0 aliphatic heterocycles. The fourth-order valence-corrected chi connectivity index (χ4v) is 5.43. The fraction of sp³-hybridized carbons (Fsp3) is 0.487. The Morgan fingerprint density at radius 1 is 0.729 bits per heavy atom. The monoisotopic (exact) mass is 952 g/mol. The van der Waals surface area contributed by atoms with Gasteiger partial charge in [-0.15, -0.1) is 0 Å². The largest absolute Gasteiger partial charge is 0.480 e. The number of hydrogen-bond donors (Lipinski definition) is 5. The van der Waals surface area contributed by atoms with E-state index < -0.39 is 21.7 Å². The minimum absolute atomic E-state index is 0.0381. The lowest BCUT2D eigenvalue weighted by Gasteiger charge is -2.11. The van der Waals surface area contributed by atoms with E-state index in [9.17, 15) is 34.1 Å². The van der Waals surface area contributed by atoms with Crippen LogP contribution in [-0.2, 0) is 19.1 Å². The molecule has 3 saturated carbocycles. The quantitative estimate of drug-likeness (QED) is 0.0617. The zero-order valence-electron chi connectivity index (χ0n) is 32.7. The molecule has 1 amide bonds. The smallest absolute Gasteiger partial charge is 0.363 e. The van der Waals surface area contributed by atoms with Gasteiger partial charge in [0, 0.05) is 18.5 Å². The summed E-state index contributed by atoms with van der Waals surface area (Å²) in [4.78, 5) is 74.8. The number of nitro groups is 1. The van der Waals surface area contributed by atoms with Gasteiger partial charge in [0.1, 0.15) is 34.2 Å². The second kappa shape index (κ2) is 26.8. The number of carbonyl (C=O) groups excluding carboxylic acids is 3. The number of esters is 2. The van der Waals surface area contributed by atoms with Crippen molar-refractivity contribution in [3.05, 3.63) is 81.8 Å². The molecule has 59 heavy (non-hydrogen) atoms. The average Bonchev–Trinajstić information content (AvgIpc) is 4.02. The number of nitrogens with one attached hydrogen (secondary N) is 1. The number of nitrogens with two attached hydrogens (primary N) is 1. The number of aliphatic carboxylic acids is 1. The second-order valence-electron chi connectivity index (χ2n) is 13.5. The van der Waals surface area contributed by atoms with Crippen LogP contribution in [0.1, 0.15) is 122 Å². The lowest BCUT2D eigenvalue weighted by molar-refractivity contribution is -0.389. The van der Waals surface area contributed by atoms with Crippen molar-refractivity contribution in [3.63, 3.8) is 0 Å². The van der Waals surface area contributed by atoms with E-state index in [1.165, 1.54) is 25.2 Å². The Hall–Kier alpha value is -5.08. The van der Waals surface area contributed by atoms with Crippen LogP contribution in [0, 0.1) is 10.1 Å². The molecule has 0 radical (unpaired) electrons. The van der Waals surface area contributed by atoms with Crippen LogP contribution in [0.3, 0.4) is 0 Å². The van der Waals surface area contributed by atoms with E-state index >= 15 is 0 Å². The van der Waals surface area contributed by atoms with Crippen molar-refractivity contribution >= 4 is 79.1 Å². The van der Waals surface area contributed by atoms with Gasteiger partial charge in [0.15, 0.2) is 6.20 Å². The molecule has 2 atom stereocenters. The molecule has 3 aliphatic rings. The summed E-state index contributed by atoms with van der Waals surface area (Å²) in [6.45, 7) is 3.28. The molecule has 3 fully saturated rings. The van der Waals surface area contributed by atoms with Gasteiger partial charge in [-0.05, 0) is 118 Å². The number of aliphatic hydroxyl groups is 1. The number of ether oxygens (including phenoxy) is 2. The highest BCUT2D eigenvalue weighted by Crippen LogP contribution is 2.23. The Morgan fingerprint density at radius 2 is 1.17 bits per heavy atom. The predicted molar refractivity (Wildman–Crippen MR) is 224 cm³/mol. The summed E-state index contributed by atoms with van der Waals surface area (Å²) < 4.78 is 10.7. The molecular weight excluding hydrogens is 904 g/mol. The zero-order valence-corrected chi connectivity index (χ0v) is 35.9. The number of aromatic nitrogens is 3. The van der Waals surface area contributed by atoms with Crippen LogP contribution in [0.5, 0.6) is 0 Å². The maximum Gasteiger partial charge on any atom is 0.363 e. The third-order valence-electron chi connectivity index (χ3n) is 8.63. The molecule has 18 nitrogen and oxygen atoms in total. The van der Waals surface area contributed by atoms with Gasteiger partial charge in [0.05, 0.1) is 22.1 Å². The molecule has 2 unspecified atom stereocenters. The van der Waals surface area contributed by atoms with Gasteiger partial charge in [0.25, 0.3) is 0 Å². The number of nitrogens with zero attached hydrogens (tertiary/aromatic N) is 4. The Labute approximate surface area is 358 Å². The van der Waals surface area contributed by atoms with Gasteiger partial charge in [-0.3, -0.25) is 9.59 Å². The van der Waals surface area contributed by atoms with Crippen LogP contribution >= 0.6 is 31.9 Å². The Balaban J connectivity index is 0.000000273. The van der Waals surface area contributed by atoms with Crippen molar-refractivity contribution in [1.29, 1.82) is 0 Å². The van der Waals surface area contributed by atoms with Gasteiger partial charge in [-0.25, -0.2) is 24.4 Å². The first-order chi connectivity index (χ1) is 28.0. The van der Waals surface area contributed by atoms with Crippen molar-refractivity contribution in [1.82, 2.24) is 15.0 Å². The van der Waals surface area contributed by atoms with E-state index in [2.05, 4.69) is 52.1 Å². The number of carboxylic acid groups (broad SMARTS) is 2. The maximum absolute atomic E-state index is 11.9. The fourth-order valence-electron chi connectivity index (χ4n) is 5.32. The van der Waals surface area contributed by atoms with Crippen molar-refractivity contribution in [2.45, 2.75) is 119 Å². The summed E-state index contributed by atoms with van der Waals surface area (Å²) in [5.41, 5.74) is 6.23. The molecule has 20 heteroatoms. The molecule has 6 rings (SSSR count). The van der Waals surface area contributed by atoms with Gasteiger partial charge >= 0.3 is 29.7 Å². The molecule has 6 N–H and O–H groups in total. The maximum atomic E-state index is 11.9. The van der Waals surface area contributed by atoms with Crippen LogP contribution in [0.25, 0.3) is 0 Å². The summed E-state index contributed by atoms with van der Waals surface area (Å²) >= 11 is 6.01. The van der Waals surface area contributed by atoms with E-state index in [-0.39, 0.29) is 52.4 Å². The molecule has 3 aliphatic carbocycles. The number of pyridine rings is 3. The van der Waals surface area contributed by atoms with E-state index in [1.807, 2.05) is 0 Å². The number of halogens is 2. The number of carbonyl (C=O) groups is 5. The number of anilines is 2. The van der Waals surface area contributed by atoms with Crippen molar-refractivity contribution < 1.29 is 53.7 Å². The molecule has 3 heterocycles. The summed E-state index contributed by atoms with van der Waals surface area (Å²) in [5.74, 6) is -2.34. The van der Waals surface area contributed by atoms with Gasteiger partial charge in [-0.1, -0.05) is 44.7 Å². The van der Waals surface area contributed by atoms with Gasteiger partial charge < -0.3 is 46.0 Å². The number of hydrogen-bond acceptors (Lipinski definition) is 14. The third-order valence-corrected chi connectivity index (χ3v) is 9.44. The summed E-state index contributed by atoms with van der Waals surface area (Å²) in [7, 11) is 0. The Morgan fingerprint density at radius 3 is 1.49 bits per heavy atom. The van der Waals surface area contributed by atoms with Crippen LogP contribution in [0.15, 0.2) is 55.0 Å². The topological polar surface area (TPSA) is 284 Å². The number of aromatic carboxylic acids is 1. The van der Waals surface area contributed by atoms with Crippen molar-refractivity contribution in [2.75, 3.05) is 11.1 Å². The first-order valence-electron chi connectivity index (χ1n) is 18.9. The SMILES string of the molecule is CC(Br)C(=O)Nc1ccc(C(=O)OC2CCCC2)cn1.CC(Br)C(=O)O.Nc1ccc(C(=O)OC2CCCC2)cn1.O=C(O)c1ccc([N+](=O)[O-])nc1.OC1CCCC1. The summed E-state index contributed by atoms with van der Waals surface area (Å²) in [5, 5.41) is 37.8. The van der Waals surface area contributed by atoms with Gasteiger partial charge in [-0.2, -0.15) is 0 Å². The minimum atomic E-state index is -1.16. The van der Waals surface area contributed by atoms with Crippen LogP contribution in [-0.4, -0.2) is 92.9 Å². The van der Waals surface area contributed by atoms with Crippen molar-refractivity contribution in [2.24, 2.45) is 0 Å². The van der Waals surface area contributed by atoms with E-state index in [4.69, 9.17) is 30.5 Å². The normalized spacial score (nSPS) is 15.7. The minimum Gasteiger partial charge on any atom is -0.480 e. The van der Waals surface area contributed by atoms with Crippen LogP contribution < -0.4 is 11.1 Å². The average molecular weight is 955 g/mol. The van der Waals surface area contributed by atoms with E-state index in [0.29, 0.717) is 22.8 Å². The number of alkyl halides is 2. The first-order valence-corrected chi connectivity index (χ1v) is 20.7. The molecule has 0 bridgehead atoms. The van der Waals surface area contributed by atoms with Crippen molar-refractivity contribution in [3.8, 4) is 0 Å². The number of amides is 1. The lowest BCUT2D eigenvalue weighted by Crippen LogP contribution is -2.20. The molecule has 0 aromatic carbocycles. The van der Waals surface area contributed by atoms with E-state index in [1.54, 1.807) is 38.1 Å². The van der Waals surface area contributed by atoms with Gasteiger partial charge in [0.2, 0.25) is 5.91 Å². The number of rotatable bonds is 9. The standard InChI is InChI=1S/C14H17BrN2O3.C11H14N2O2.C6H4N2O4.C5H10O.C3H5BrO2/c1-9(15)13(18)17-12-7-6-10(8-16-12)14(19)20-11-4-2-3-5-11;12-10-6-5-8(7-13-10)11(14)15-9-3-1-2-4-9;9-6(10)4-1-2-5(7-3-4)8(11)12;6-5-3-1-2-4-5;1-2(4)3(5)6/h6-9,11H,2-5H2,1H3,(H,16,17,18);5-7,9H,1-4H2,(H2,12,13);1-3H,(H,9,10);5-6H,1-4H2;2H,1H3,(H,5,6). The predicted octanol–water partition coefficient (Wildman–Crippen LogP) is 7.13. The Bertz CT molecular complexity index is 1750. The molecule has 3 aromatic rings. The molecule has 0 spiro atoms. The highest BCUT2D eigenvalue weighted by Gasteiger charge is 2.21. The number of aliphatic hydroxyl groups excluding tert-OH is 1.